The molecule has 4 heteroatoms. The van der Waals surface area contributed by atoms with Crippen LogP contribution in [-0.4, -0.2) is 31.2 Å². The van der Waals surface area contributed by atoms with Crippen molar-refractivity contribution in [3.05, 3.63) is 60.8 Å². The van der Waals surface area contributed by atoms with Gasteiger partial charge < -0.3 is 15.5 Å². The molecule has 2 N–H and O–H groups in total. The summed E-state index contributed by atoms with van der Waals surface area (Å²) in [6, 6.07) is 18.9. The Bertz CT molecular complexity index is 804. The fraction of sp³-hybridized carbons (Fsp3) is 0.211. The number of aromatic nitrogens is 1. The van der Waals surface area contributed by atoms with Gasteiger partial charge in [-0.2, -0.15) is 0 Å². The Morgan fingerprint density at radius 1 is 0.957 bits per heavy atom. The van der Waals surface area contributed by atoms with Crippen LogP contribution in [0.15, 0.2) is 60.8 Å². The van der Waals surface area contributed by atoms with E-state index in [0.717, 1.165) is 48.5 Å². The number of benzene rings is 2. The summed E-state index contributed by atoms with van der Waals surface area (Å²) < 4.78 is 0. The SMILES string of the molecule is c1cc(Nc2cccc3ncccc23)cc(N2CCNCC2)c1. The van der Waals surface area contributed by atoms with Crippen molar-refractivity contribution in [1.29, 1.82) is 0 Å². The molecule has 116 valence electrons. The maximum Gasteiger partial charge on any atom is 0.0722 e. The fourth-order valence-corrected chi connectivity index (χ4v) is 3.07. The standard InChI is InChI=1S/C19H20N4/c1-4-15(14-16(5-1)23-12-10-20-11-13-23)22-19-8-2-7-18-17(19)6-3-9-21-18/h1-9,14,20,22H,10-13H2. The quantitative estimate of drug-likeness (QED) is 0.778. The molecule has 23 heavy (non-hydrogen) atoms. The topological polar surface area (TPSA) is 40.2 Å². The smallest absolute Gasteiger partial charge is 0.0722 e. The zero-order valence-corrected chi connectivity index (χ0v) is 13.0. The number of fused-ring (bicyclic) bond motifs is 1. The molecule has 1 aliphatic heterocycles. The van der Waals surface area contributed by atoms with Gasteiger partial charge in [-0.05, 0) is 42.5 Å². The second-order valence-corrected chi connectivity index (χ2v) is 5.79. The molecule has 1 aliphatic rings. The lowest BCUT2D eigenvalue weighted by Crippen LogP contribution is -2.43. The van der Waals surface area contributed by atoms with Crippen molar-refractivity contribution in [3.63, 3.8) is 0 Å². The van der Waals surface area contributed by atoms with Gasteiger partial charge in [-0.25, -0.2) is 0 Å². The summed E-state index contributed by atoms with van der Waals surface area (Å²) in [7, 11) is 0. The highest BCUT2D eigenvalue weighted by atomic mass is 15.2. The Morgan fingerprint density at radius 2 is 1.83 bits per heavy atom. The molecule has 0 aliphatic carbocycles. The Labute approximate surface area is 136 Å². The number of anilines is 3. The number of nitrogens with zero attached hydrogens (tertiary/aromatic N) is 2. The third-order valence-electron chi connectivity index (χ3n) is 4.25. The van der Waals surface area contributed by atoms with Crippen LogP contribution in [0.3, 0.4) is 0 Å². The molecule has 1 aromatic heterocycles. The number of hydrogen-bond acceptors (Lipinski definition) is 4. The van der Waals surface area contributed by atoms with Gasteiger partial charge in [0.2, 0.25) is 0 Å². The van der Waals surface area contributed by atoms with Gasteiger partial charge in [0.15, 0.2) is 0 Å². The molecule has 0 bridgehead atoms. The number of nitrogens with one attached hydrogen (secondary N) is 2. The number of piperazine rings is 1. The van der Waals surface area contributed by atoms with Crippen LogP contribution in [0.4, 0.5) is 17.1 Å². The largest absolute Gasteiger partial charge is 0.369 e. The first kappa shape index (κ1) is 14.0. The fourth-order valence-electron chi connectivity index (χ4n) is 3.07. The first-order valence-electron chi connectivity index (χ1n) is 8.07. The molecule has 3 aromatic rings. The summed E-state index contributed by atoms with van der Waals surface area (Å²) in [6.07, 6.45) is 1.83. The van der Waals surface area contributed by atoms with Crippen molar-refractivity contribution in [3.8, 4) is 0 Å². The third-order valence-corrected chi connectivity index (χ3v) is 4.25. The molecule has 0 spiro atoms. The molecule has 2 aromatic carbocycles. The zero-order chi connectivity index (χ0) is 15.5. The Morgan fingerprint density at radius 3 is 2.74 bits per heavy atom. The Balaban J connectivity index is 1.63. The van der Waals surface area contributed by atoms with E-state index < -0.39 is 0 Å². The second kappa shape index (κ2) is 6.26. The van der Waals surface area contributed by atoms with Gasteiger partial charge in [-0.15, -0.1) is 0 Å². The van der Waals surface area contributed by atoms with E-state index >= 15 is 0 Å². The molecule has 0 amide bonds. The van der Waals surface area contributed by atoms with Crippen molar-refractivity contribution in [2.24, 2.45) is 0 Å². The molecule has 2 heterocycles. The predicted molar refractivity (Wildman–Crippen MR) is 96.6 cm³/mol. The number of rotatable bonds is 3. The number of hydrogen-bond donors (Lipinski definition) is 2. The van der Waals surface area contributed by atoms with Crippen LogP contribution in [0.1, 0.15) is 0 Å². The van der Waals surface area contributed by atoms with E-state index in [4.69, 9.17) is 0 Å². The first-order valence-corrected chi connectivity index (χ1v) is 8.07. The van der Waals surface area contributed by atoms with E-state index in [0.29, 0.717) is 0 Å². The molecular weight excluding hydrogens is 284 g/mol. The molecule has 1 saturated heterocycles. The van der Waals surface area contributed by atoms with Crippen LogP contribution in [-0.2, 0) is 0 Å². The van der Waals surface area contributed by atoms with Crippen molar-refractivity contribution in [1.82, 2.24) is 10.3 Å². The molecule has 0 unspecified atom stereocenters. The maximum absolute atomic E-state index is 4.42. The summed E-state index contributed by atoms with van der Waals surface area (Å²) >= 11 is 0. The molecule has 0 saturated carbocycles. The van der Waals surface area contributed by atoms with Crippen molar-refractivity contribution in [2.75, 3.05) is 36.4 Å². The highest BCUT2D eigenvalue weighted by molar-refractivity contribution is 5.93. The summed E-state index contributed by atoms with van der Waals surface area (Å²) in [5.41, 5.74) is 4.48. The van der Waals surface area contributed by atoms with Gasteiger partial charge in [-0.3, -0.25) is 4.98 Å². The van der Waals surface area contributed by atoms with Crippen molar-refractivity contribution < 1.29 is 0 Å². The van der Waals surface area contributed by atoms with Gasteiger partial charge in [0.25, 0.3) is 0 Å². The normalized spacial score (nSPS) is 14.9. The molecule has 1 fully saturated rings. The lowest BCUT2D eigenvalue weighted by molar-refractivity contribution is 0.589. The van der Waals surface area contributed by atoms with E-state index in [1.807, 2.05) is 24.4 Å². The van der Waals surface area contributed by atoms with Crippen molar-refractivity contribution in [2.45, 2.75) is 0 Å². The molecule has 0 radical (unpaired) electrons. The summed E-state index contributed by atoms with van der Waals surface area (Å²) in [5, 5.41) is 8.08. The molecular formula is C19H20N4. The first-order chi connectivity index (χ1) is 11.4. The Hall–Kier alpha value is -2.59. The van der Waals surface area contributed by atoms with Crippen LogP contribution in [0, 0.1) is 0 Å². The minimum absolute atomic E-state index is 1.01. The van der Waals surface area contributed by atoms with E-state index in [1.165, 1.54) is 5.69 Å². The van der Waals surface area contributed by atoms with Gasteiger partial charge >= 0.3 is 0 Å². The van der Waals surface area contributed by atoms with E-state index in [-0.39, 0.29) is 0 Å². The summed E-state index contributed by atoms with van der Waals surface area (Å²) in [5.74, 6) is 0. The van der Waals surface area contributed by atoms with Crippen molar-refractivity contribution >= 4 is 28.0 Å². The van der Waals surface area contributed by atoms with E-state index in [2.05, 4.69) is 56.9 Å². The van der Waals surface area contributed by atoms with Gasteiger partial charge in [0.1, 0.15) is 0 Å². The van der Waals surface area contributed by atoms with Crippen LogP contribution in [0.5, 0.6) is 0 Å². The summed E-state index contributed by atoms with van der Waals surface area (Å²) in [4.78, 5) is 6.84. The average Bonchev–Trinajstić information content (AvgIpc) is 2.63. The Kier molecular flexibility index (Phi) is 3.82. The van der Waals surface area contributed by atoms with Crippen LogP contribution in [0.2, 0.25) is 0 Å². The average molecular weight is 304 g/mol. The highest BCUT2D eigenvalue weighted by Gasteiger charge is 2.10. The third kappa shape index (κ3) is 2.98. The van der Waals surface area contributed by atoms with E-state index in [1.54, 1.807) is 0 Å². The molecule has 4 rings (SSSR count). The summed E-state index contributed by atoms with van der Waals surface area (Å²) in [6.45, 7) is 4.21. The van der Waals surface area contributed by atoms with E-state index in [9.17, 15) is 0 Å². The molecule has 0 atom stereocenters. The maximum atomic E-state index is 4.42. The predicted octanol–water partition coefficient (Wildman–Crippen LogP) is 3.39. The second-order valence-electron chi connectivity index (χ2n) is 5.79. The van der Waals surface area contributed by atoms with Gasteiger partial charge in [0, 0.05) is 54.8 Å². The monoisotopic (exact) mass is 304 g/mol. The van der Waals surface area contributed by atoms with Crippen LogP contribution < -0.4 is 15.5 Å². The highest BCUT2D eigenvalue weighted by Crippen LogP contribution is 2.27. The van der Waals surface area contributed by atoms with Crippen LogP contribution >= 0.6 is 0 Å². The van der Waals surface area contributed by atoms with Gasteiger partial charge in [-0.1, -0.05) is 12.1 Å². The zero-order valence-electron chi connectivity index (χ0n) is 13.0. The molecule has 4 nitrogen and oxygen atoms in total. The minimum Gasteiger partial charge on any atom is -0.369 e. The van der Waals surface area contributed by atoms with Gasteiger partial charge in [0.05, 0.1) is 5.52 Å². The lowest BCUT2D eigenvalue weighted by Gasteiger charge is -2.29. The lowest BCUT2D eigenvalue weighted by atomic mass is 10.1. The number of pyridine rings is 1. The van der Waals surface area contributed by atoms with Crippen LogP contribution in [0.25, 0.3) is 10.9 Å². The minimum atomic E-state index is 1.01.